The first-order chi connectivity index (χ1) is 6.57. The van der Waals surface area contributed by atoms with E-state index in [4.69, 9.17) is 0 Å². The normalized spacial score (nSPS) is 26.9. The molecule has 14 heavy (non-hydrogen) atoms. The highest BCUT2D eigenvalue weighted by molar-refractivity contribution is 5.46. The molecule has 76 valence electrons. The van der Waals surface area contributed by atoms with Gasteiger partial charge in [0.05, 0.1) is 17.5 Å². The van der Waals surface area contributed by atoms with Crippen molar-refractivity contribution in [1.29, 1.82) is 0 Å². The van der Waals surface area contributed by atoms with E-state index in [2.05, 4.69) is 16.0 Å². The van der Waals surface area contributed by atoms with E-state index in [0.717, 1.165) is 24.3 Å². The molecule has 1 atom stereocenters. The van der Waals surface area contributed by atoms with Crippen molar-refractivity contribution in [2.24, 2.45) is 0 Å². The maximum atomic E-state index is 9.82. The number of aromatic nitrogens is 1. The third-order valence-corrected chi connectivity index (χ3v) is 2.71. The number of nitrogens with zero attached hydrogens (tertiary/aromatic N) is 2. The highest BCUT2D eigenvalue weighted by atomic mass is 16.3. The molecule has 0 aliphatic carbocycles. The van der Waals surface area contributed by atoms with Gasteiger partial charge in [0.25, 0.3) is 0 Å². The molecule has 1 N–H and O–H groups in total. The maximum Gasteiger partial charge on any atom is 0.0810 e. The molecule has 1 aliphatic heterocycles. The summed E-state index contributed by atoms with van der Waals surface area (Å²) in [7, 11) is 0. The van der Waals surface area contributed by atoms with Gasteiger partial charge in [0.2, 0.25) is 0 Å². The lowest BCUT2D eigenvalue weighted by atomic mass is 10.1. The van der Waals surface area contributed by atoms with Crippen LogP contribution in [0.15, 0.2) is 18.3 Å². The summed E-state index contributed by atoms with van der Waals surface area (Å²) >= 11 is 0. The van der Waals surface area contributed by atoms with Gasteiger partial charge in [-0.15, -0.1) is 0 Å². The van der Waals surface area contributed by atoms with Crippen molar-refractivity contribution in [2.75, 3.05) is 18.0 Å². The van der Waals surface area contributed by atoms with Crippen molar-refractivity contribution in [2.45, 2.75) is 25.9 Å². The summed E-state index contributed by atoms with van der Waals surface area (Å²) < 4.78 is 0. The van der Waals surface area contributed by atoms with Crippen LogP contribution in [0.1, 0.15) is 19.0 Å². The van der Waals surface area contributed by atoms with Crippen LogP contribution in [-0.4, -0.2) is 28.8 Å². The van der Waals surface area contributed by atoms with Crippen LogP contribution in [0.25, 0.3) is 0 Å². The minimum atomic E-state index is -0.537. The van der Waals surface area contributed by atoms with E-state index in [0.29, 0.717) is 6.54 Å². The quantitative estimate of drug-likeness (QED) is 0.729. The fraction of sp³-hybridized carbons (Fsp3) is 0.545. The van der Waals surface area contributed by atoms with Crippen molar-refractivity contribution in [3.63, 3.8) is 0 Å². The molecule has 0 spiro atoms. The molecular weight excluding hydrogens is 176 g/mol. The van der Waals surface area contributed by atoms with Crippen molar-refractivity contribution < 1.29 is 5.11 Å². The number of β-amino-alcohol motifs (C(OH)–C–C–N with tert-alkyl or cyclic N) is 1. The zero-order valence-electron chi connectivity index (χ0n) is 8.70. The molecule has 0 bridgehead atoms. The Morgan fingerprint density at radius 2 is 2.29 bits per heavy atom. The first-order valence-corrected chi connectivity index (χ1v) is 4.97. The van der Waals surface area contributed by atoms with Gasteiger partial charge < -0.3 is 10.0 Å². The fourth-order valence-electron chi connectivity index (χ4n) is 1.81. The predicted molar refractivity (Wildman–Crippen MR) is 56.4 cm³/mol. The van der Waals surface area contributed by atoms with E-state index >= 15 is 0 Å². The second-order valence-electron chi connectivity index (χ2n) is 4.33. The van der Waals surface area contributed by atoms with Crippen molar-refractivity contribution in [1.82, 2.24) is 4.98 Å². The largest absolute Gasteiger partial charge is 0.388 e. The van der Waals surface area contributed by atoms with Gasteiger partial charge >= 0.3 is 0 Å². The Morgan fingerprint density at radius 3 is 2.79 bits per heavy atom. The van der Waals surface area contributed by atoms with Gasteiger partial charge in [0, 0.05) is 18.8 Å². The Hall–Kier alpha value is -1.09. The highest BCUT2D eigenvalue weighted by Crippen LogP contribution is 2.25. The van der Waals surface area contributed by atoms with E-state index in [1.54, 1.807) is 0 Å². The second kappa shape index (κ2) is 3.24. The summed E-state index contributed by atoms with van der Waals surface area (Å²) in [5.74, 6) is 0. The van der Waals surface area contributed by atoms with Crippen LogP contribution in [0.4, 0.5) is 5.69 Å². The molecule has 3 nitrogen and oxygen atoms in total. The summed E-state index contributed by atoms with van der Waals surface area (Å²) in [6, 6.07) is 4.06. The lowest BCUT2D eigenvalue weighted by molar-refractivity contribution is 0.0839. The van der Waals surface area contributed by atoms with Crippen LogP contribution >= 0.6 is 0 Å². The van der Waals surface area contributed by atoms with Crippen LogP contribution in [0.5, 0.6) is 0 Å². The molecule has 0 amide bonds. The average Bonchev–Trinajstić information content (AvgIpc) is 2.47. The van der Waals surface area contributed by atoms with Crippen LogP contribution in [0.2, 0.25) is 0 Å². The van der Waals surface area contributed by atoms with Gasteiger partial charge in [-0.3, -0.25) is 4.98 Å². The van der Waals surface area contributed by atoms with E-state index in [1.807, 2.05) is 26.1 Å². The van der Waals surface area contributed by atoms with Crippen LogP contribution in [0, 0.1) is 6.92 Å². The van der Waals surface area contributed by atoms with Crippen molar-refractivity contribution in [3.05, 3.63) is 24.0 Å². The third-order valence-electron chi connectivity index (χ3n) is 2.71. The Kier molecular flexibility index (Phi) is 2.19. The lowest BCUT2D eigenvalue weighted by Crippen LogP contribution is -2.29. The number of pyridine rings is 1. The van der Waals surface area contributed by atoms with Gasteiger partial charge in [0.15, 0.2) is 0 Å². The summed E-state index contributed by atoms with van der Waals surface area (Å²) in [4.78, 5) is 6.42. The van der Waals surface area contributed by atoms with E-state index in [9.17, 15) is 5.11 Å². The molecule has 1 fully saturated rings. The average molecular weight is 192 g/mol. The van der Waals surface area contributed by atoms with Crippen LogP contribution in [-0.2, 0) is 0 Å². The molecule has 0 radical (unpaired) electrons. The monoisotopic (exact) mass is 192 g/mol. The first kappa shape index (κ1) is 9.46. The summed E-state index contributed by atoms with van der Waals surface area (Å²) in [6.07, 6.45) is 2.71. The molecule has 1 aliphatic rings. The molecule has 0 saturated carbocycles. The van der Waals surface area contributed by atoms with Gasteiger partial charge in [0.1, 0.15) is 0 Å². The molecule has 1 unspecified atom stereocenters. The summed E-state index contributed by atoms with van der Waals surface area (Å²) in [5, 5.41) is 9.82. The van der Waals surface area contributed by atoms with E-state index in [1.165, 1.54) is 0 Å². The number of hydrogen-bond acceptors (Lipinski definition) is 3. The molecule has 2 heterocycles. The van der Waals surface area contributed by atoms with Gasteiger partial charge in [-0.05, 0) is 32.4 Å². The molecule has 2 rings (SSSR count). The van der Waals surface area contributed by atoms with Gasteiger partial charge in [-0.25, -0.2) is 0 Å². The zero-order valence-corrected chi connectivity index (χ0v) is 8.70. The predicted octanol–water partition coefficient (Wildman–Crippen LogP) is 1.35. The highest BCUT2D eigenvalue weighted by Gasteiger charge is 2.31. The van der Waals surface area contributed by atoms with Gasteiger partial charge in [-0.2, -0.15) is 0 Å². The van der Waals surface area contributed by atoms with E-state index < -0.39 is 5.60 Å². The minimum absolute atomic E-state index is 0.537. The Morgan fingerprint density at radius 1 is 1.50 bits per heavy atom. The van der Waals surface area contributed by atoms with E-state index in [-0.39, 0.29) is 0 Å². The second-order valence-corrected chi connectivity index (χ2v) is 4.33. The lowest BCUT2D eigenvalue weighted by Gasteiger charge is -2.20. The standard InChI is InChI=1S/C11H16N2O/c1-9-3-4-10(7-12-9)13-6-5-11(2,14)8-13/h3-4,7,14H,5-6,8H2,1-2H3. The Labute approximate surface area is 84.4 Å². The van der Waals surface area contributed by atoms with Crippen molar-refractivity contribution >= 4 is 5.69 Å². The number of rotatable bonds is 1. The molecule has 1 saturated heterocycles. The number of aliphatic hydroxyl groups is 1. The van der Waals surface area contributed by atoms with Crippen LogP contribution < -0.4 is 4.90 Å². The fourth-order valence-corrected chi connectivity index (χ4v) is 1.81. The minimum Gasteiger partial charge on any atom is -0.388 e. The summed E-state index contributed by atoms with van der Waals surface area (Å²) in [6.45, 7) is 5.48. The first-order valence-electron chi connectivity index (χ1n) is 4.97. The number of anilines is 1. The third kappa shape index (κ3) is 1.87. The molecule has 3 heteroatoms. The molecule has 1 aromatic heterocycles. The molecular formula is C11H16N2O. The SMILES string of the molecule is Cc1ccc(N2CCC(C)(O)C2)cn1. The zero-order chi connectivity index (χ0) is 10.2. The summed E-state index contributed by atoms with van der Waals surface area (Å²) in [5.41, 5.74) is 1.60. The Bertz CT molecular complexity index is 319. The van der Waals surface area contributed by atoms with Crippen molar-refractivity contribution in [3.8, 4) is 0 Å². The maximum absolute atomic E-state index is 9.82. The van der Waals surface area contributed by atoms with Gasteiger partial charge in [-0.1, -0.05) is 0 Å². The smallest absolute Gasteiger partial charge is 0.0810 e. The Balaban J connectivity index is 2.14. The van der Waals surface area contributed by atoms with Crippen LogP contribution in [0.3, 0.4) is 0 Å². The number of hydrogen-bond donors (Lipinski definition) is 1. The topological polar surface area (TPSA) is 36.4 Å². The molecule has 1 aromatic rings. The molecule has 0 aromatic carbocycles. The number of aryl methyl sites for hydroxylation is 1.